The molecule has 0 nitrogen and oxygen atoms in total. The van der Waals surface area contributed by atoms with Gasteiger partial charge in [-0.1, -0.05) is 53.4 Å². The molecule has 1 saturated carbocycles. The van der Waals surface area contributed by atoms with E-state index >= 15 is 0 Å². The SMILES string of the molecule is CCCCC1(CC)CC1(CC)CCCC. The first-order valence-corrected chi connectivity index (χ1v) is 7.20. The Labute approximate surface area is 96.8 Å². The van der Waals surface area contributed by atoms with Crippen molar-refractivity contribution in [3.63, 3.8) is 0 Å². The maximum Gasteiger partial charge on any atom is -0.0238 e. The monoisotopic (exact) mass is 210 g/mol. The quantitative estimate of drug-likeness (QED) is 0.492. The molecule has 1 aliphatic rings. The van der Waals surface area contributed by atoms with E-state index in [0.29, 0.717) is 0 Å². The Balaban J connectivity index is 2.53. The molecule has 0 saturated heterocycles. The number of rotatable bonds is 8. The molecule has 0 heteroatoms. The molecule has 1 aliphatic carbocycles. The molecule has 90 valence electrons. The normalized spacial score (nSPS) is 34.4. The third-order valence-electron chi connectivity index (χ3n) is 5.05. The van der Waals surface area contributed by atoms with Gasteiger partial charge in [-0.15, -0.1) is 0 Å². The third kappa shape index (κ3) is 2.40. The van der Waals surface area contributed by atoms with Gasteiger partial charge in [0.1, 0.15) is 0 Å². The molecular formula is C15H30. The summed E-state index contributed by atoms with van der Waals surface area (Å²) in [5, 5.41) is 0. The molecule has 1 rings (SSSR count). The highest BCUT2D eigenvalue weighted by atomic mass is 14.7. The summed E-state index contributed by atoms with van der Waals surface area (Å²) in [6.07, 6.45) is 13.0. The van der Waals surface area contributed by atoms with Gasteiger partial charge in [0.15, 0.2) is 0 Å². The zero-order valence-corrected chi connectivity index (χ0v) is 11.4. The Morgan fingerprint density at radius 2 is 1.13 bits per heavy atom. The Kier molecular flexibility index (Phi) is 4.67. The van der Waals surface area contributed by atoms with Gasteiger partial charge in [-0.2, -0.15) is 0 Å². The van der Waals surface area contributed by atoms with Crippen LogP contribution in [0.5, 0.6) is 0 Å². The van der Waals surface area contributed by atoms with E-state index in [1.54, 1.807) is 0 Å². The van der Waals surface area contributed by atoms with Gasteiger partial charge in [0.2, 0.25) is 0 Å². The summed E-state index contributed by atoms with van der Waals surface area (Å²) in [7, 11) is 0. The molecule has 15 heavy (non-hydrogen) atoms. The van der Waals surface area contributed by atoms with Crippen LogP contribution < -0.4 is 0 Å². The zero-order valence-electron chi connectivity index (χ0n) is 11.4. The Hall–Kier alpha value is 0. The summed E-state index contributed by atoms with van der Waals surface area (Å²) in [5.41, 5.74) is 1.51. The van der Waals surface area contributed by atoms with Gasteiger partial charge in [0.05, 0.1) is 0 Å². The van der Waals surface area contributed by atoms with Crippen molar-refractivity contribution in [3.8, 4) is 0 Å². The van der Waals surface area contributed by atoms with Crippen LogP contribution in [0.4, 0.5) is 0 Å². The van der Waals surface area contributed by atoms with E-state index in [-0.39, 0.29) is 0 Å². The van der Waals surface area contributed by atoms with Crippen LogP contribution >= 0.6 is 0 Å². The van der Waals surface area contributed by atoms with Crippen LogP contribution in [-0.2, 0) is 0 Å². The lowest BCUT2D eigenvalue weighted by molar-refractivity contribution is 0.267. The minimum atomic E-state index is 0.757. The van der Waals surface area contributed by atoms with Gasteiger partial charge >= 0.3 is 0 Å². The van der Waals surface area contributed by atoms with Crippen LogP contribution in [0.25, 0.3) is 0 Å². The summed E-state index contributed by atoms with van der Waals surface area (Å²) < 4.78 is 0. The summed E-state index contributed by atoms with van der Waals surface area (Å²) in [6, 6.07) is 0. The predicted molar refractivity (Wildman–Crippen MR) is 69.1 cm³/mol. The van der Waals surface area contributed by atoms with Gasteiger partial charge in [-0.3, -0.25) is 0 Å². The average Bonchev–Trinajstić information content (AvgIpc) is 2.93. The molecule has 0 aliphatic heterocycles. The predicted octanol–water partition coefficient (Wildman–Crippen LogP) is 5.56. The fourth-order valence-electron chi connectivity index (χ4n) is 3.69. The average molecular weight is 210 g/mol. The fourth-order valence-corrected chi connectivity index (χ4v) is 3.69. The molecule has 0 heterocycles. The van der Waals surface area contributed by atoms with E-state index in [9.17, 15) is 0 Å². The van der Waals surface area contributed by atoms with Crippen molar-refractivity contribution >= 4 is 0 Å². The minimum absolute atomic E-state index is 0.757. The Bertz CT molecular complexity index is 164. The van der Waals surface area contributed by atoms with Crippen molar-refractivity contribution < 1.29 is 0 Å². The Morgan fingerprint density at radius 3 is 1.40 bits per heavy atom. The van der Waals surface area contributed by atoms with Crippen LogP contribution in [-0.4, -0.2) is 0 Å². The maximum absolute atomic E-state index is 2.42. The second kappa shape index (κ2) is 5.37. The van der Waals surface area contributed by atoms with Crippen molar-refractivity contribution in [3.05, 3.63) is 0 Å². The lowest BCUT2D eigenvalue weighted by Gasteiger charge is -2.24. The van der Waals surface area contributed by atoms with Gasteiger partial charge in [-0.05, 0) is 42.9 Å². The molecule has 0 aromatic carbocycles. The van der Waals surface area contributed by atoms with E-state index in [4.69, 9.17) is 0 Å². The highest BCUT2D eigenvalue weighted by molar-refractivity contribution is 5.12. The van der Waals surface area contributed by atoms with E-state index in [0.717, 1.165) is 10.8 Å². The minimum Gasteiger partial charge on any atom is -0.0654 e. The van der Waals surface area contributed by atoms with Crippen LogP contribution in [0.1, 0.15) is 85.5 Å². The highest BCUT2D eigenvalue weighted by Gasteiger charge is 2.62. The van der Waals surface area contributed by atoms with Crippen molar-refractivity contribution in [2.45, 2.75) is 85.5 Å². The molecule has 0 aromatic heterocycles. The standard InChI is InChI=1S/C15H30/c1-5-9-11-14(7-3)13-15(14,8-4)12-10-6-2/h5-13H2,1-4H3. The van der Waals surface area contributed by atoms with E-state index in [1.807, 2.05) is 0 Å². The first-order chi connectivity index (χ1) is 7.20. The molecule has 0 spiro atoms. The number of hydrogen-bond donors (Lipinski definition) is 0. The van der Waals surface area contributed by atoms with E-state index < -0.39 is 0 Å². The van der Waals surface area contributed by atoms with Crippen LogP contribution in [0.2, 0.25) is 0 Å². The van der Waals surface area contributed by atoms with Crippen LogP contribution in [0, 0.1) is 10.8 Å². The lowest BCUT2D eigenvalue weighted by atomic mass is 9.81. The molecule has 2 unspecified atom stereocenters. The van der Waals surface area contributed by atoms with Crippen molar-refractivity contribution in [1.82, 2.24) is 0 Å². The van der Waals surface area contributed by atoms with Crippen molar-refractivity contribution in [1.29, 1.82) is 0 Å². The third-order valence-corrected chi connectivity index (χ3v) is 5.05. The molecule has 0 bridgehead atoms. The molecule has 0 radical (unpaired) electrons. The summed E-state index contributed by atoms with van der Waals surface area (Å²) in [6.45, 7) is 9.48. The Morgan fingerprint density at radius 1 is 0.733 bits per heavy atom. The lowest BCUT2D eigenvalue weighted by Crippen LogP contribution is -2.13. The molecule has 0 aromatic rings. The first-order valence-electron chi connectivity index (χ1n) is 7.20. The molecular weight excluding hydrogens is 180 g/mol. The summed E-state index contributed by atoms with van der Waals surface area (Å²) in [5.74, 6) is 0. The van der Waals surface area contributed by atoms with Crippen molar-refractivity contribution in [2.75, 3.05) is 0 Å². The van der Waals surface area contributed by atoms with Crippen LogP contribution in [0.15, 0.2) is 0 Å². The number of hydrogen-bond acceptors (Lipinski definition) is 0. The molecule has 0 N–H and O–H groups in total. The summed E-state index contributed by atoms with van der Waals surface area (Å²) >= 11 is 0. The van der Waals surface area contributed by atoms with Gasteiger partial charge in [0.25, 0.3) is 0 Å². The smallest absolute Gasteiger partial charge is 0.0238 e. The molecule has 2 atom stereocenters. The van der Waals surface area contributed by atoms with Gasteiger partial charge < -0.3 is 0 Å². The summed E-state index contributed by atoms with van der Waals surface area (Å²) in [4.78, 5) is 0. The second-order valence-corrected chi connectivity index (χ2v) is 5.65. The highest BCUT2D eigenvalue weighted by Crippen LogP contribution is 2.72. The molecule has 1 fully saturated rings. The topological polar surface area (TPSA) is 0 Å². The largest absolute Gasteiger partial charge is 0.0654 e. The maximum atomic E-state index is 2.42. The van der Waals surface area contributed by atoms with Gasteiger partial charge in [0, 0.05) is 0 Å². The number of unbranched alkanes of at least 4 members (excludes halogenated alkanes) is 2. The van der Waals surface area contributed by atoms with E-state index in [2.05, 4.69) is 27.7 Å². The fraction of sp³-hybridized carbons (Fsp3) is 1.00. The van der Waals surface area contributed by atoms with E-state index in [1.165, 1.54) is 57.8 Å². The second-order valence-electron chi connectivity index (χ2n) is 5.65. The zero-order chi connectivity index (χ0) is 11.4. The van der Waals surface area contributed by atoms with Crippen molar-refractivity contribution in [2.24, 2.45) is 10.8 Å². The first kappa shape index (κ1) is 13.1. The van der Waals surface area contributed by atoms with Crippen LogP contribution in [0.3, 0.4) is 0 Å². The molecule has 0 amide bonds. The van der Waals surface area contributed by atoms with Gasteiger partial charge in [-0.25, -0.2) is 0 Å².